The van der Waals surface area contributed by atoms with Gasteiger partial charge in [0, 0.05) is 11.8 Å². The molecule has 0 radical (unpaired) electrons. The summed E-state index contributed by atoms with van der Waals surface area (Å²) in [7, 11) is 3.76. The number of likely N-dealkylation sites (N-methyl/N-ethyl adjacent to an activating group) is 1. The second-order valence-electron chi connectivity index (χ2n) is 6.31. The second-order valence-corrected chi connectivity index (χ2v) is 6.31. The molecule has 0 aliphatic rings. The number of hydrogen-bond acceptors (Lipinski definition) is 3. The van der Waals surface area contributed by atoms with E-state index in [4.69, 9.17) is 0 Å². The molecule has 0 bridgehead atoms. The highest BCUT2D eigenvalue weighted by Gasteiger charge is 2.20. The van der Waals surface area contributed by atoms with Gasteiger partial charge in [0.05, 0.1) is 23.8 Å². The minimum atomic E-state index is -0.0453. The molecule has 1 amide bonds. The lowest BCUT2D eigenvalue weighted by Crippen LogP contribution is -2.35. The first kappa shape index (κ1) is 15.7. The average Bonchev–Trinajstić information content (AvgIpc) is 2.58. The van der Waals surface area contributed by atoms with Crippen molar-refractivity contribution in [3.8, 4) is 0 Å². The molecule has 5 heteroatoms. The van der Waals surface area contributed by atoms with Crippen molar-refractivity contribution in [3.05, 3.63) is 17.5 Å². The molecular weight excluding hydrogens is 240 g/mol. The molecule has 0 spiro atoms. The molecule has 0 saturated heterocycles. The summed E-state index contributed by atoms with van der Waals surface area (Å²) >= 11 is 0. The molecule has 0 aliphatic heterocycles. The van der Waals surface area contributed by atoms with E-state index in [1.165, 1.54) is 0 Å². The molecule has 1 aromatic heterocycles. The van der Waals surface area contributed by atoms with Crippen molar-refractivity contribution in [1.29, 1.82) is 0 Å². The number of nitrogens with zero attached hydrogens (tertiary/aromatic N) is 3. The van der Waals surface area contributed by atoms with E-state index in [9.17, 15) is 4.79 Å². The highest BCUT2D eigenvalue weighted by atomic mass is 16.2. The van der Waals surface area contributed by atoms with Crippen molar-refractivity contribution >= 4 is 5.91 Å². The van der Waals surface area contributed by atoms with Gasteiger partial charge in [0.1, 0.15) is 0 Å². The lowest BCUT2D eigenvalue weighted by molar-refractivity contribution is -0.122. The van der Waals surface area contributed by atoms with Crippen molar-refractivity contribution in [2.24, 2.45) is 0 Å². The first-order valence-corrected chi connectivity index (χ1v) is 6.62. The summed E-state index contributed by atoms with van der Waals surface area (Å²) in [6.07, 6.45) is 2.02. The van der Waals surface area contributed by atoms with Crippen molar-refractivity contribution in [2.45, 2.75) is 46.2 Å². The number of aromatic nitrogens is 2. The summed E-state index contributed by atoms with van der Waals surface area (Å²) in [5, 5.41) is 7.53. The fraction of sp³-hybridized carbons (Fsp3) is 0.714. The molecule has 0 unspecified atom stereocenters. The van der Waals surface area contributed by atoms with Crippen LogP contribution in [0.2, 0.25) is 0 Å². The predicted molar refractivity (Wildman–Crippen MR) is 77.1 cm³/mol. The van der Waals surface area contributed by atoms with E-state index in [0.29, 0.717) is 6.54 Å². The maximum Gasteiger partial charge on any atom is 0.234 e. The van der Waals surface area contributed by atoms with E-state index in [2.05, 4.69) is 31.2 Å². The number of rotatable bonds is 4. The molecule has 19 heavy (non-hydrogen) atoms. The molecule has 5 nitrogen and oxygen atoms in total. The van der Waals surface area contributed by atoms with Gasteiger partial charge in [-0.05, 0) is 48.7 Å². The number of carbonyl (C=O) groups is 1. The summed E-state index contributed by atoms with van der Waals surface area (Å²) in [5.74, 6) is 0.0282. The normalized spacial score (nSPS) is 13.7. The maximum absolute atomic E-state index is 11.8. The van der Waals surface area contributed by atoms with Crippen LogP contribution in [0.15, 0.2) is 6.20 Å². The number of nitrogens with one attached hydrogen (secondary N) is 1. The molecule has 1 atom stereocenters. The van der Waals surface area contributed by atoms with Crippen molar-refractivity contribution in [1.82, 2.24) is 20.0 Å². The lowest BCUT2D eigenvalue weighted by Gasteiger charge is -2.19. The second kappa shape index (κ2) is 5.74. The number of aryl methyl sites for hydroxylation is 1. The van der Waals surface area contributed by atoms with Crippen molar-refractivity contribution < 1.29 is 4.79 Å². The Morgan fingerprint density at radius 2 is 2.05 bits per heavy atom. The van der Waals surface area contributed by atoms with Gasteiger partial charge in [-0.15, -0.1) is 0 Å². The highest BCUT2D eigenvalue weighted by molar-refractivity contribution is 5.78. The summed E-state index contributed by atoms with van der Waals surface area (Å²) in [5.41, 5.74) is 1.99. The van der Waals surface area contributed by atoms with Crippen LogP contribution >= 0.6 is 0 Å². The fourth-order valence-corrected chi connectivity index (χ4v) is 1.89. The van der Waals surface area contributed by atoms with Gasteiger partial charge < -0.3 is 10.2 Å². The van der Waals surface area contributed by atoms with Gasteiger partial charge in [-0.25, -0.2) is 0 Å². The molecule has 0 aliphatic carbocycles. The van der Waals surface area contributed by atoms with E-state index in [0.717, 1.165) is 11.3 Å². The Morgan fingerprint density at radius 3 is 2.47 bits per heavy atom. The van der Waals surface area contributed by atoms with E-state index >= 15 is 0 Å². The topological polar surface area (TPSA) is 50.2 Å². The largest absolute Gasteiger partial charge is 0.348 e. The number of hydrogen-bond donors (Lipinski definition) is 1. The third-order valence-corrected chi connectivity index (χ3v) is 2.93. The van der Waals surface area contributed by atoms with Crippen LogP contribution in [0.4, 0.5) is 0 Å². The summed E-state index contributed by atoms with van der Waals surface area (Å²) in [6, 6.07) is -0.0245. The van der Waals surface area contributed by atoms with Crippen molar-refractivity contribution in [2.75, 3.05) is 20.6 Å². The monoisotopic (exact) mass is 266 g/mol. The van der Waals surface area contributed by atoms with Gasteiger partial charge >= 0.3 is 0 Å². The van der Waals surface area contributed by atoms with Crippen LogP contribution in [0.1, 0.15) is 45.0 Å². The Bertz CT molecular complexity index is 443. The third kappa shape index (κ3) is 4.35. The highest BCUT2D eigenvalue weighted by Crippen LogP contribution is 2.20. The Morgan fingerprint density at radius 1 is 1.47 bits per heavy atom. The quantitative estimate of drug-likeness (QED) is 0.902. The van der Waals surface area contributed by atoms with E-state index < -0.39 is 0 Å². The van der Waals surface area contributed by atoms with Gasteiger partial charge in [0.25, 0.3) is 0 Å². The smallest absolute Gasteiger partial charge is 0.234 e. The molecule has 108 valence electrons. The van der Waals surface area contributed by atoms with Crippen LogP contribution in [-0.4, -0.2) is 41.2 Å². The molecule has 0 saturated carbocycles. The van der Waals surface area contributed by atoms with Gasteiger partial charge in [-0.3, -0.25) is 9.48 Å². The predicted octanol–water partition coefficient (Wildman–Crippen LogP) is 1.69. The zero-order chi connectivity index (χ0) is 14.8. The lowest BCUT2D eigenvalue weighted by atomic mass is 10.1. The standard InChI is InChI=1S/C14H26N4O/c1-10(15-13(19)9-17(6)7)12-8-18(14(3,4)5)16-11(12)2/h8,10H,9H2,1-7H3,(H,15,19)/t10-/m1/s1. The molecular formula is C14H26N4O. The van der Waals surface area contributed by atoms with Crippen LogP contribution in [0.3, 0.4) is 0 Å². The van der Waals surface area contributed by atoms with Gasteiger partial charge in [-0.2, -0.15) is 5.10 Å². The fourth-order valence-electron chi connectivity index (χ4n) is 1.89. The van der Waals surface area contributed by atoms with Crippen LogP contribution < -0.4 is 5.32 Å². The van der Waals surface area contributed by atoms with Gasteiger partial charge in [0.15, 0.2) is 0 Å². The SMILES string of the molecule is Cc1nn(C(C)(C)C)cc1[C@@H](C)NC(=O)CN(C)C. The summed E-state index contributed by atoms with van der Waals surface area (Å²) < 4.78 is 1.95. The zero-order valence-electron chi connectivity index (χ0n) is 13.1. The molecule has 1 heterocycles. The maximum atomic E-state index is 11.8. The minimum Gasteiger partial charge on any atom is -0.348 e. The molecule has 0 aromatic carbocycles. The third-order valence-electron chi connectivity index (χ3n) is 2.93. The summed E-state index contributed by atoms with van der Waals surface area (Å²) in [4.78, 5) is 13.6. The molecule has 0 fully saturated rings. The Kier molecular flexibility index (Phi) is 4.74. The molecule has 1 aromatic rings. The van der Waals surface area contributed by atoms with Gasteiger partial charge in [-0.1, -0.05) is 0 Å². The Labute approximate surface area is 116 Å². The first-order chi connectivity index (χ1) is 8.61. The van der Waals surface area contributed by atoms with Crippen LogP contribution in [0.25, 0.3) is 0 Å². The number of amides is 1. The minimum absolute atomic E-state index is 0.0245. The molecule has 1 N–H and O–H groups in total. The average molecular weight is 266 g/mol. The zero-order valence-corrected chi connectivity index (χ0v) is 13.1. The van der Waals surface area contributed by atoms with Crippen LogP contribution in [0, 0.1) is 6.92 Å². The van der Waals surface area contributed by atoms with E-state index in [1.54, 1.807) is 0 Å². The van der Waals surface area contributed by atoms with Gasteiger partial charge in [0.2, 0.25) is 5.91 Å². The Balaban J connectivity index is 2.80. The van der Waals surface area contributed by atoms with E-state index in [-0.39, 0.29) is 17.5 Å². The molecule has 1 rings (SSSR count). The van der Waals surface area contributed by atoms with Crippen LogP contribution in [-0.2, 0) is 10.3 Å². The van der Waals surface area contributed by atoms with Crippen LogP contribution in [0.5, 0.6) is 0 Å². The summed E-state index contributed by atoms with van der Waals surface area (Å²) in [6.45, 7) is 10.7. The Hall–Kier alpha value is -1.36. The van der Waals surface area contributed by atoms with E-state index in [1.807, 2.05) is 43.7 Å². The van der Waals surface area contributed by atoms with Crippen molar-refractivity contribution in [3.63, 3.8) is 0 Å². The first-order valence-electron chi connectivity index (χ1n) is 6.62. The number of carbonyl (C=O) groups excluding carboxylic acids is 1.